The Kier molecular flexibility index (Phi) is 6.38. The summed E-state index contributed by atoms with van der Waals surface area (Å²) in [7, 11) is 0. The average molecular weight is 460 g/mol. The molecule has 0 radical (unpaired) electrons. The second-order valence-corrected chi connectivity index (χ2v) is 9.12. The number of aromatic nitrogens is 4. The molecule has 2 aromatic carbocycles. The topological polar surface area (TPSA) is 90.2 Å². The summed E-state index contributed by atoms with van der Waals surface area (Å²) in [4.78, 5) is 26.7. The molecular formula is C26H29N5O3. The van der Waals surface area contributed by atoms with Crippen LogP contribution in [0, 0.1) is 5.92 Å². The standard InChI is InChI=1S/C26H29N5O3/c1-2-22-20(7-10-23-24(22)16-34-26(23)33)6-3-18-11-13-30(14-12-18)25(32)15-19-4-8-21(9-5-19)31-17-27-28-29-31/h4-5,7-10,17-18H,2-3,6,11-16H2,1H3. The van der Waals surface area contributed by atoms with Crippen molar-refractivity contribution >= 4 is 11.9 Å². The van der Waals surface area contributed by atoms with Gasteiger partial charge in [0.1, 0.15) is 12.9 Å². The number of tetrazole rings is 1. The quantitative estimate of drug-likeness (QED) is 0.504. The zero-order valence-corrected chi connectivity index (χ0v) is 19.4. The molecule has 3 heterocycles. The highest BCUT2D eigenvalue weighted by Gasteiger charge is 2.26. The largest absolute Gasteiger partial charge is 0.457 e. The van der Waals surface area contributed by atoms with Crippen LogP contribution in [0.1, 0.15) is 58.8 Å². The first-order chi connectivity index (χ1) is 16.6. The van der Waals surface area contributed by atoms with Gasteiger partial charge in [0.2, 0.25) is 5.91 Å². The van der Waals surface area contributed by atoms with Crippen molar-refractivity contribution in [2.45, 2.75) is 52.1 Å². The van der Waals surface area contributed by atoms with Gasteiger partial charge in [0, 0.05) is 18.7 Å². The number of cyclic esters (lactones) is 1. The number of nitrogens with zero attached hydrogens (tertiary/aromatic N) is 5. The number of fused-ring (bicyclic) bond motifs is 1. The lowest BCUT2D eigenvalue weighted by Crippen LogP contribution is -2.39. The Bertz CT molecular complexity index is 1170. The van der Waals surface area contributed by atoms with Gasteiger partial charge in [-0.25, -0.2) is 9.48 Å². The molecule has 8 heteroatoms. The van der Waals surface area contributed by atoms with Crippen molar-refractivity contribution in [3.8, 4) is 5.69 Å². The van der Waals surface area contributed by atoms with Crippen molar-refractivity contribution in [3.05, 3.63) is 70.5 Å². The van der Waals surface area contributed by atoms with Crippen LogP contribution in [0.2, 0.25) is 0 Å². The molecule has 1 amide bonds. The van der Waals surface area contributed by atoms with Crippen molar-refractivity contribution in [2.75, 3.05) is 13.1 Å². The third kappa shape index (κ3) is 4.58. The Labute approximate surface area is 198 Å². The molecule has 8 nitrogen and oxygen atoms in total. The van der Waals surface area contributed by atoms with Gasteiger partial charge in [-0.15, -0.1) is 5.10 Å². The number of esters is 1. The lowest BCUT2D eigenvalue weighted by atomic mass is 9.87. The minimum atomic E-state index is -0.197. The smallest absolute Gasteiger partial charge is 0.338 e. The molecular weight excluding hydrogens is 430 g/mol. The van der Waals surface area contributed by atoms with Crippen molar-refractivity contribution in [1.82, 2.24) is 25.1 Å². The predicted octanol–water partition coefficient (Wildman–Crippen LogP) is 3.31. The fraction of sp³-hybridized carbons (Fsp3) is 0.423. The summed E-state index contributed by atoms with van der Waals surface area (Å²) in [5.41, 5.74) is 6.30. The molecule has 1 aromatic heterocycles. The third-order valence-corrected chi connectivity index (χ3v) is 7.14. The van der Waals surface area contributed by atoms with Crippen LogP contribution in [0.25, 0.3) is 5.69 Å². The molecule has 176 valence electrons. The van der Waals surface area contributed by atoms with E-state index in [9.17, 15) is 9.59 Å². The zero-order chi connectivity index (χ0) is 23.5. The fourth-order valence-electron chi connectivity index (χ4n) is 5.15. The predicted molar refractivity (Wildman–Crippen MR) is 125 cm³/mol. The average Bonchev–Trinajstić information content (AvgIpc) is 3.54. The number of carbonyl (C=O) groups excluding carboxylic acids is 2. The summed E-state index contributed by atoms with van der Waals surface area (Å²) in [6.45, 7) is 4.19. The molecule has 1 fully saturated rings. The van der Waals surface area contributed by atoms with E-state index in [2.05, 4.69) is 28.5 Å². The zero-order valence-electron chi connectivity index (χ0n) is 19.4. The van der Waals surface area contributed by atoms with E-state index in [1.165, 1.54) is 11.1 Å². The van der Waals surface area contributed by atoms with E-state index in [0.29, 0.717) is 18.9 Å². The summed E-state index contributed by atoms with van der Waals surface area (Å²) < 4.78 is 6.82. The summed E-state index contributed by atoms with van der Waals surface area (Å²) in [6, 6.07) is 11.8. The van der Waals surface area contributed by atoms with Crippen molar-refractivity contribution < 1.29 is 14.3 Å². The van der Waals surface area contributed by atoms with Crippen LogP contribution in [0.5, 0.6) is 0 Å². The van der Waals surface area contributed by atoms with Crippen LogP contribution in [0.4, 0.5) is 0 Å². The molecule has 0 bridgehead atoms. The maximum Gasteiger partial charge on any atom is 0.338 e. The molecule has 0 N–H and O–H groups in total. The highest BCUT2D eigenvalue weighted by Crippen LogP contribution is 2.30. The summed E-state index contributed by atoms with van der Waals surface area (Å²) in [6.07, 6.45) is 7.08. The van der Waals surface area contributed by atoms with Crippen molar-refractivity contribution in [2.24, 2.45) is 5.92 Å². The molecule has 3 aromatic rings. The van der Waals surface area contributed by atoms with E-state index in [4.69, 9.17) is 4.74 Å². The second-order valence-electron chi connectivity index (χ2n) is 9.12. The first kappa shape index (κ1) is 22.3. The summed E-state index contributed by atoms with van der Waals surface area (Å²) >= 11 is 0. The number of aryl methyl sites for hydroxylation is 1. The van der Waals surface area contributed by atoms with Crippen LogP contribution in [-0.2, 0) is 35.4 Å². The highest BCUT2D eigenvalue weighted by molar-refractivity contribution is 5.94. The molecule has 0 atom stereocenters. The van der Waals surface area contributed by atoms with Crippen LogP contribution in [-0.4, -0.2) is 50.1 Å². The molecule has 5 rings (SSSR count). The van der Waals surface area contributed by atoms with Crippen LogP contribution >= 0.6 is 0 Å². The number of benzene rings is 2. The highest BCUT2D eigenvalue weighted by atomic mass is 16.5. The van der Waals surface area contributed by atoms with Gasteiger partial charge in [-0.3, -0.25) is 4.79 Å². The molecule has 0 aliphatic carbocycles. The summed E-state index contributed by atoms with van der Waals surface area (Å²) in [5, 5.41) is 11.2. The maximum absolute atomic E-state index is 12.8. The number of likely N-dealkylation sites (tertiary alicyclic amines) is 1. The second kappa shape index (κ2) is 9.75. The Hall–Kier alpha value is -3.55. The van der Waals surface area contributed by atoms with Gasteiger partial charge in [0.15, 0.2) is 0 Å². The van der Waals surface area contributed by atoms with E-state index in [1.54, 1.807) is 11.0 Å². The number of carbonyl (C=O) groups is 2. The Balaban J connectivity index is 1.11. The number of hydrogen-bond donors (Lipinski definition) is 0. The van der Waals surface area contributed by atoms with Gasteiger partial charge in [-0.2, -0.15) is 0 Å². The van der Waals surface area contributed by atoms with Gasteiger partial charge < -0.3 is 9.64 Å². The van der Waals surface area contributed by atoms with Crippen LogP contribution in [0.15, 0.2) is 42.7 Å². The van der Waals surface area contributed by atoms with Gasteiger partial charge in [0.25, 0.3) is 0 Å². The fourth-order valence-corrected chi connectivity index (χ4v) is 5.15. The number of rotatable bonds is 7. The molecule has 0 spiro atoms. The monoisotopic (exact) mass is 459 g/mol. The van der Waals surface area contributed by atoms with E-state index >= 15 is 0 Å². The van der Waals surface area contributed by atoms with Crippen LogP contribution < -0.4 is 0 Å². The van der Waals surface area contributed by atoms with E-state index < -0.39 is 0 Å². The Morgan fingerprint density at radius 1 is 1.12 bits per heavy atom. The normalized spacial score (nSPS) is 15.9. The minimum Gasteiger partial charge on any atom is -0.457 e. The van der Waals surface area contributed by atoms with Gasteiger partial charge in [-0.05, 0) is 83.3 Å². The van der Waals surface area contributed by atoms with E-state index in [0.717, 1.165) is 67.6 Å². The number of ether oxygens (including phenoxy) is 1. The van der Waals surface area contributed by atoms with Crippen molar-refractivity contribution in [3.63, 3.8) is 0 Å². The number of piperidine rings is 1. The molecule has 2 aliphatic heterocycles. The molecule has 0 unspecified atom stereocenters. The maximum atomic E-state index is 12.8. The number of hydrogen-bond acceptors (Lipinski definition) is 6. The van der Waals surface area contributed by atoms with Crippen LogP contribution in [0.3, 0.4) is 0 Å². The Morgan fingerprint density at radius 3 is 2.62 bits per heavy atom. The lowest BCUT2D eigenvalue weighted by Gasteiger charge is -2.32. The van der Waals surface area contributed by atoms with Gasteiger partial charge in [-0.1, -0.05) is 25.1 Å². The van der Waals surface area contributed by atoms with E-state index in [-0.39, 0.29) is 11.9 Å². The first-order valence-electron chi connectivity index (χ1n) is 12.0. The van der Waals surface area contributed by atoms with Gasteiger partial charge in [0.05, 0.1) is 17.7 Å². The number of amides is 1. The molecule has 34 heavy (non-hydrogen) atoms. The Morgan fingerprint density at radius 2 is 1.91 bits per heavy atom. The molecule has 1 saturated heterocycles. The van der Waals surface area contributed by atoms with Crippen molar-refractivity contribution in [1.29, 1.82) is 0 Å². The molecule has 0 saturated carbocycles. The lowest BCUT2D eigenvalue weighted by molar-refractivity contribution is -0.131. The van der Waals surface area contributed by atoms with E-state index in [1.807, 2.05) is 35.2 Å². The molecule has 2 aliphatic rings. The summed E-state index contributed by atoms with van der Waals surface area (Å²) in [5.74, 6) is 0.609. The third-order valence-electron chi connectivity index (χ3n) is 7.14. The minimum absolute atomic E-state index is 0.185. The van der Waals surface area contributed by atoms with Gasteiger partial charge >= 0.3 is 5.97 Å². The first-order valence-corrected chi connectivity index (χ1v) is 12.0. The SMILES string of the molecule is CCc1c(CCC2CCN(C(=O)Cc3ccc(-n4cnnn4)cc3)CC2)ccc2c1COC2=O.